The molecule has 2 aliphatic rings. The first-order chi connectivity index (χ1) is 7.45. The predicted octanol–water partition coefficient (Wildman–Crippen LogP) is 1.58. The first-order valence-electron chi connectivity index (χ1n) is 5.91. The minimum Gasteiger partial charge on any atom is -0.282 e. The first-order valence-corrected chi connectivity index (χ1v) is 6.54. The molecule has 1 heterocycles. The van der Waals surface area contributed by atoms with Gasteiger partial charge in [0.05, 0.1) is 11.8 Å². The van der Waals surface area contributed by atoms with E-state index in [0.29, 0.717) is 12.5 Å². The lowest BCUT2D eigenvalue weighted by atomic mass is 10.0. The maximum atomic E-state index is 12.0. The fourth-order valence-electron chi connectivity index (χ4n) is 2.76. The van der Waals surface area contributed by atoms with Gasteiger partial charge in [0.25, 0.3) is 0 Å². The molecule has 2 amide bonds. The number of carbonyl (C=O) groups is 2. The molecule has 3 nitrogen and oxygen atoms in total. The Morgan fingerprint density at radius 1 is 1.31 bits per heavy atom. The zero-order valence-corrected chi connectivity index (χ0v) is 11.0. The summed E-state index contributed by atoms with van der Waals surface area (Å²) in [6.07, 6.45) is 0.958. The van der Waals surface area contributed by atoms with Crippen molar-refractivity contribution in [2.75, 3.05) is 12.3 Å². The van der Waals surface area contributed by atoms with Gasteiger partial charge in [0.1, 0.15) is 0 Å². The molecule has 1 saturated carbocycles. The van der Waals surface area contributed by atoms with E-state index in [9.17, 15) is 9.59 Å². The van der Waals surface area contributed by atoms with Gasteiger partial charge in [-0.05, 0) is 17.1 Å². The number of carbonyl (C=O) groups excluding carboxylic acids is 2. The monoisotopic (exact) mass is 241 g/mol. The van der Waals surface area contributed by atoms with E-state index in [2.05, 4.69) is 19.6 Å². The summed E-state index contributed by atoms with van der Waals surface area (Å²) in [5, 5.41) is 0. The van der Waals surface area contributed by atoms with E-state index in [4.69, 9.17) is 0 Å². The van der Waals surface area contributed by atoms with Crippen molar-refractivity contribution in [2.24, 2.45) is 23.2 Å². The van der Waals surface area contributed by atoms with Crippen molar-refractivity contribution >= 4 is 24.4 Å². The quantitative estimate of drug-likeness (QED) is 0.599. The fourth-order valence-corrected chi connectivity index (χ4v) is 3.13. The highest BCUT2D eigenvalue weighted by Crippen LogP contribution is 2.63. The van der Waals surface area contributed by atoms with Crippen LogP contribution in [0.2, 0.25) is 0 Å². The van der Waals surface area contributed by atoms with E-state index in [1.165, 1.54) is 4.90 Å². The Hall–Kier alpha value is -0.510. The van der Waals surface area contributed by atoms with Gasteiger partial charge >= 0.3 is 0 Å². The van der Waals surface area contributed by atoms with E-state index in [1.54, 1.807) is 0 Å². The van der Waals surface area contributed by atoms with Gasteiger partial charge in [-0.15, -0.1) is 0 Å². The summed E-state index contributed by atoms with van der Waals surface area (Å²) >= 11 is 4.25. The molecule has 1 aliphatic carbocycles. The van der Waals surface area contributed by atoms with E-state index < -0.39 is 0 Å². The second-order valence-electron chi connectivity index (χ2n) is 5.52. The molecule has 0 aromatic heterocycles. The van der Waals surface area contributed by atoms with Crippen LogP contribution in [0.3, 0.4) is 0 Å². The average Bonchev–Trinajstić information content (AvgIpc) is 2.70. The zero-order chi connectivity index (χ0) is 12.1. The van der Waals surface area contributed by atoms with Crippen LogP contribution in [0.25, 0.3) is 0 Å². The molecule has 2 fully saturated rings. The Morgan fingerprint density at radius 2 is 1.81 bits per heavy atom. The molecule has 4 heteroatoms. The standard InChI is InChI=1S/C12H19NO2S/c1-4-7(6-16)5-13-10(14)8-9(11(13)15)12(8,2)3/h7-9,16H,4-6H2,1-3H3. The summed E-state index contributed by atoms with van der Waals surface area (Å²) in [4.78, 5) is 25.5. The molecule has 0 radical (unpaired) electrons. The molecular formula is C12H19NO2S. The number of thiol groups is 1. The van der Waals surface area contributed by atoms with Crippen molar-refractivity contribution in [1.29, 1.82) is 0 Å². The predicted molar refractivity (Wildman–Crippen MR) is 65.1 cm³/mol. The number of fused-ring (bicyclic) bond motifs is 1. The smallest absolute Gasteiger partial charge is 0.233 e. The van der Waals surface area contributed by atoms with Gasteiger partial charge < -0.3 is 0 Å². The second kappa shape index (κ2) is 3.76. The van der Waals surface area contributed by atoms with Gasteiger partial charge in [-0.2, -0.15) is 12.6 Å². The minimum absolute atomic E-state index is 0.0419. The van der Waals surface area contributed by atoms with E-state index in [-0.39, 0.29) is 29.1 Å². The molecular weight excluding hydrogens is 222 g/mol. The molecule has 0 spiro atoms. The Balaban J connectivity index is 2.05. The Labute approximate surface area is 102 Å². The van der Waals surface area contributed by atoms with Gasteiger partial charge in [0.2, 0.25) is 11.8 Å². The van der Waals surface area contributed by atoms with Gasteiger partial charge in [0.15, 0.2) is 0 Å². The normalized spacial score (nSPS) is 32.9. The Bertz CT molecular complexity index is 312. The third-order valence-electron chi connectivity index (χ3n) is 4.17. The summed E-state index contributed by atoms with van der Waals surface area (Å²) in [7, 11) is 0. The molecule has 0 N–H and O–H groups in total. The molecule has 90 valence electrons. The molecule has 0 aromatic carbocycles. The lowest BCUT2D eigenvalue weighted by molar-refractivity contribution is -0.143. The highest BCUT2D eigenvalue weighted by atomic mass is 32.1. The number of amides is 2. The number of likely N-dealkylation sites (tertiary alicyclic amines) is 1. The van der Waals surface area contributed by atoms with Gasteiger partial charge in [-0.3, -0.25) is 14.5 Å². The van der Waals surface area contributed by atoms with Crippen LogP contribution in [-0.2, 0) is 9.59 Å². The molecule has 0 aromatic rings. The summed E-state index contributed by atoms with van der Waals surface area (Å²) in [5.74, 6) is 1.05. The Kier molecular flexibility index (Phi) is 2.81. The molecule has 3 atom stereocenters. The Morgan fingerprint density at radius 3 is 2.19 bits per heavy atom. The first kappa shape index (κ1) is 12.0. The van der Waals surface area contributed by atoms with E-state index in [0.717, 1.165) is 12.2 Å². The summed E-state index contributed by atoms with van der Waals surface area (Å²) < 4.78 is 0. The summed E-state index contributed by atoms with van der Waals surface area (Å²) in [6, 6.07) is 0. The van der Waals surface area contributed by atoms with Crippen LogP contribution >= 0.6 is 12.6 Å². The molecule has 2 rings (SSSR count). The average molecular weight is 241 g/mol. The lowest BCUT2D eigenvalue weighted by Crippen LogP contribution is -2.39. The van der Waals surface area contributed by atoms with Crippen LogP contribution in [0, 0.1) is 23.2 Å². The lowest BCUT2D eigenvalue weighted by Gasteiger charge is -2.24. The van der Waals surface area contributed by atoms with Crippen LogP contribution < -0.4 is 0 Å². The van der Waals surface area contributed by atoms with Crippen LogP contribution in [0.5, 0.6) is 0 Å². The third-order valence-corrected chi connectivity index (χ3v) is 4.68. The van der Waals surface area contributed by atoms with Crippen molar-refractivity contribution in [3.05, 3.63) is 0 Å². The van der Waals surface area contributed by atoms with Crippen LogP contribution in [0.1, 0.15) is 27.2 Å². The van der Waals surface area contributed by atoms with Crippen LogP contribution in [0.4, 0.5) is 0 Å². The van der Waals surface area contributed by atoms with Crippen molar-refractivity contribution in [1.82, 2.24) is 4.90 Å². The maximum Gasteiger partial charge on any atom is 0.233 e. The highest BCUT2D eigenvalue weighted by molar-refractivity contribution is 7.80. The SMILES string of the molecule is CCC(CS)CN1C(=O)C2C(C1=O)C2(C)C. The number of hydrogen-bond acceptors (Lipinski definition) is 3. The molecule has 0 bridgehead atoms. The van der Waals surface area contributed by atoms with Gasteiger partial charge in [-0.25, -0.2) is 0 Å². The number of imide groups is 1. The van der Waals surface area contributed by atoms with Gasteiger partial charge in [-0.1, -0.05) is 27.2 Å². The second-order valence-corrected chi connectivity index (χ2v) is 5.89. The zero-order valence-electron chi connectivity index (χ0n) is 10.1. The van der Waals surface area contributed by atoms with Gasteiger partial charge in [0, 0.05) is 6.54 Å². The fraction of sp³-hybridized carbons (Fsp3) is 0.833. The van der Waals surface area contributed by atoms with Crippen molar-refractivity contribution in [3.63, 3.8) is 0 Å². The number of piperidine rings is 1. The van der Waals surface area contributed by atoms with Crippen molar-refractivity contribution in [3.8, 4) is 0 Å². The number of hydrogen-bond donors (Lipinski definition) is 1. The minimum atomic E-state index is -0.0899. The van der Waals surface area contributed by atoms with E-state index in [1.807, 2.05) is 13.8 Å². The van der Waals surface area contributed by atoms with E-state index >= 15 is 0 Å². The van der Waals surface area contributed by atoms with Crippen LogP contribution in [0.15, 0.2) is 0 Å². The van der Waals surface area contributed by atoms with Crippen LogP contribution in [-0.4, -0.2) is 29.0 Å². The molecule has 1 aliphatic heterocycles. The number of nitrogens with zero attached hydrogens (tertiary/aromatic N) is 1. The number of rotatable bonds is 4. The highest BCUT2D eigenvalue weighted by Gasteiger charge is 2.72. The molecule has 3 unspecified atom stereocenters. The third kappa shape index (κ3) is 1.50. The van der Waals surface area contributed by atoms with Crippen molar-refractivity contribution < 1.29 is 9.59 Å². The summed E-state index contributed by atoms with van der Waals surface area (Å²) in [6.45, 7) is 6.63. The van der Waals surface area contributed by atoms with Crippen molar-refractivity contribution in [2.45, 2.75) is 27.2 Å². The topological polar surface area (TPSA) is 37.4 Å². The summed E-state index contributed by atoms with van der Waals surface area (Å²) in [5.41, 5.74) is -0.0899. The largest absolute Gasteiger partial charge is 0.282 e. The maximum absolute atomic E-state index is 12.0. The molecule has 16 heavy (non-hydrogen) atoms. The molecule has 1 saturated heterocycles.